The molecule has 0 spiro atoms. The fourth-order valence-corrected chi connectivity index (χ4v) is 1.58. The van der Waals surface area contributed by atoms with Gasteiger partial charge in [0.15, 0.2) is 0 Å². The monoisotopic (exact) mass is 198 g/mol. The van der Waals surface area contributed by atoms with Crippen molar-refractivity contribution in [1.82, 2.24) is 10.6 Å². The van der Waals surface area contributed by atoms with Crippen LogP contribution in [0.1, 0.15) is 33.6 Å². The van der Waals surface area contributed by atoms with Gasteiger partial charge in [-0.05, 0) is 32.2 Å². The van der Waals surface area contributed by atoms with Crippen molar-refractivity contribution in [2.45, 2.75) is 39.7 Å². The third-order valence-corrected chi connectivity index (χ3v) is 3.04. The largest absolute Gasteiger partial charge is 0.353 e. The van der Waals surface area contributed by atoms with E-state index < -0.39 is 0 Å². The van der Waals surface area contributed by atoms with Crippen LogP contribution in [0.25, 0.3) is 0 Å². The van der Waals surface area contributed by atoms with E-state index in [1.54, 1.807) is 0 Å². The number of carbonyl (C=O) groups excluding carboxylic acids is 1. The molecule has 3 heteroatoms. The Balaban J connectivity index is 2.33. The second kappa shape index (κ2) is 5.35. The molecule has 0 aromatic rings. The van der Waals surface area contributed by atoms with Gasteiger partial charge in [-0.15, -0.1) is 0 Å². The first kappa shape index (κ1) is 11.5. The van der Waals surface area contributed by atoms with Gasteiger partial charge in [0.05, 0.1) is 5.92 Å². The van der Waals surface area contributed by atoms with E-state index in [0.717, 1.165) is 25.9 Å². The highest BCUT2D eigenvalue weighted by Gasteiger charge is 2.22. The Morgan fingerprint density at radius 1 is 1.43 bits per heavy atom. The molecule has 1 saturated heterocycles. The Morgan fingerprint density at radius 3 is 2.64 bits per heavy atom. The van der Waals surface area contributed by atoms with E-state index in [9.17, 15) is 4.79 Å². The molecule has 0 saturated carbocycles. The van der Waals surface area contributed by atoms with E-state index in [4.69, 9.17) is 0 Å². The van der Waals surface area contributed by atoms with Crippen molar-refractivity contribution in [2.24, 2.45) is 11.8 Å². The highest BCUT2D eigenvalue weighted by Crippen LogP contribution is 2.11. The van der Waals surface area contributed by atoms with Crippen molar-refractivity contribution < 1.29 is 4.79 Å². The zero-order chi connectivity index (χ0) is 10.6. The van der Waals surface area contributed by atoms with E-state index >= 15 is 0 Å². The van der Waals surface area contributed by atoms with Crippen LogP contribution in [0.2, 0.25) is 0 Å². The molecular weight excluding hydrogens is 176 g/mol. The van der Waals surface area contributed by atoms with Crippen molar-refractivity contribution in [3.8, 4) is 0 Å². The summed E-state index contributed by atoms with van der Waals surface area (Å²) in [7, 11) is 0. The molecule has 0 radical (unpaired) electrons. The highest BCUT2D eigenvalue weighted by molar-refractivity contribution is 5.79. The average Bonchev–Trinajstić information content (AvgIpc) is 2.19. The molecule has 1 rings (SSSR count). The zero-order valence-corrected chi connectivity index (χ0v) is 9.47. The summed E-state index contributed by atoms with van der Waals surface area (Å²) in [4.78, 5) is 11.8. The van der Waals surface area contributed by atoms with E-state index in [1.807, 2.05) is 0 Å². The first-order valence-corrected chi connectivity index (χ1v) is 5.62. The topological polar surface area (TPSA) is 41.1 Å². The van der Waals surface area contributed by atoms with Gasteiger partial charge in [0.25, 0.3) is 0 Å². The van der Waals surface area contributed by atoms with Crippen LogP contribution in [-0.4, -0.2) is 25.0 Å². The minimum Gasteiger partial charge on any atom is -0.353 e. The van der Waals surface area contributed by atoms with E-state index in [0.29, 0.717) is 5.92 Å². The smallest absolute Gasteiger partial charge is 0.224 e. The van der Waals surface area contributed by atoms with Crippen molar-refractivity contribution in [1.29, 1.82) is 0 Å². The van der Waals surface area contributed by atoms with Crippen LogP contribution in [0.3, 0.4) is 0 Å². The van der Waals surface area contributed by atoms with Gasteiger partial charge in [0.2, 0.25) is 5.91 Å². The van der Waals surface area contributed by atoms with Gasteiger partial charge in [-0.25, -0.2) is 0 Å². The van der Waals surface area contributed by atoms with Crippen molar-refractivity contribution in [2.75, 3.05) is 13.1 Å². The lowest BCUT2D eigenvalue weighted by molar-refractivity contribution is -0.126. The minimum atomic E-state index is 0.185. The van der Waals surface area contributed by atoms with Gasteiger partial charge in [-0.2, -0.15) is 0 Å². The summed E-state index contributed by atoms with van der Waals surface area (Å²) in [5.74, 6) is 0.916. The van der Waals surface area contributed by atoms with Crippen LogP contribution in [0.4, 0.5) is 0 Å². The van der Waals surface area contributed by atoms with Gasteiger partial charge in [-0.3, -0.25) is 4.79 Å². The molecule has 3 nitrogen and oxygen atoms in total. The lowest BCUT2D eigenvalue weighted by atomic mass is 9.97. The molecule has 0 aromatic heterocycles. The molecule has 14 heavy (non-hydrogen) atoms. The van der Waals surface area contributed by atoms with Crippen LogP contribution >= 0.6 is 0 Å². The van der Waals surface area contributed by atoms with Gasteiger partial charge in [-0.1, -0.05) is 13.8 Å². The number of amides is 1. The Bertz CT molecular complexity index is 186. The third kappa shape index (κ3) is 3.29. The summed E-state index contributed by atoms with van der Waals surface area (Å²) in [5, 5.41) is 6.33. The maximum Gasteiger partial charge on any atom is 0.224 e. The van der Waals surface area contributed by atoms with Crippen LogP contribution < -0.4 is 10.6 Å². The van der Waals surface area contributed by atoms with Gasteiger partial charge in [0, 0.05) is 12.6 Å². The minimum absolute atomic E-state index is 0.185. The second-order valence-electron chi connectivity index (χ2n) is 4.58. The summed E-state index contributed by atoms with van der Waals surface area (Å²) < 4.78 is 0. The lowest BCUT2D eigenvalue weighted by Gasteiger charge is -2.25. The van der Waals surface area contributed by atoms with Crippen molar-refractivity contribution in [3.05, 3.63) is 0 Å². The van der Waals surface area contributed by atoms with E-state index in [-0.39, 0.29) is 17.9 Å². The normalized spacial score (nSPS) is 24.7. The molecule has 0 aliphatic carbocycles. The fraction of sp³-hybridized carbons (Fsp3) is 0.909. The first-order valence-electron chi connectivity index (χ1n) is 5.62. The van der Waals surface area contributed by atoms with Crippen LogP contribution in [0.15, 0.2) is 0 Å². The lowest BCUT2D eigenvalue weighted by Crippen LogP contribution is -2.45. The molecule has 1 heterocycles. The van der Waals surface area contributed by atoms with Crippen LogP contribution in [0.5, 0.6) is 0 Å². The van der Waals surface area contributed by atoms with Gasteiger partial charge in [0.1, 0.15) is 0 Å². The maximum absolute atomic E-state index is 11.8. The number of piperidine rings is 1. The molecule has 1 aliphatic heterocycles. The molecule has 2 N–H and O–H groups in total. The Morgan fingerprint density at radius 2 is 2.14 bits per heavy atom. The van der Waals surface area contributed by atoms with E-state index in [2.05, 4.69) is 31.4 Å². The van der Waals surface area contributed by atoms with Crippen molar-refractivity contribution in [3.63, 3.8) is 0 Å². The summed E-state index contributed by atoms with van der Waals surface area (Å²) in [5.41, 5.74) is 0. The molecule has 2 atom stereocenters. The molecule has 82 valence electrons. The second-order valence-corrected chi connectivity index (χ2v) is 4.58. The van der Waals surface area contributed by atoms with Crippen molar-refractivity contribution >= 4 is 5.91 Å². The quantitative estimate of drug-likeness (QED) is 0.714. The number of nitrogens with one attached hydrogen (secondary N) is 2. The third-order valence-electron chi connectivity index (χ3n) is 3.04. The Kier molecular flexibility index (Phi) is 4.39. The summed E-state index contributed by atoms with van der Waals surface area (Å²) >= 11 is 0. The molecule has 1 fully saturated rings. The predicted molar refractivity (Wildman–Crippen MR) is 58.0 cm³/mol. The van der Waals surface area contributed by atoms with Gasteiger partial charge < -0.3 is 10.6 Å². The molecule has 1 aliphatic rings. The Labute approximate surface area is 86.6 Å². The van der Waals surface area contributed by atoms with E-state index in [1.165, 1.54) is 0 Å². The van der Waals surface area contributed by atoms with Crippen LogP contribution in [0, 0.1) is 11.8 Å². The van der Waals surface area contributed by atoms with Gasteiger partial charge >= 0.3 is 0 Å². The molecular formula is C11H22N2O. The maximum atomic E-state index is 11.8. The molecule has 0 bridgehead atoms. The summed E-state index contributed by atoms with van der Waals surface area (Å²) in [6.07, 6.45) is 2.15. The first-order chi connectivity index (χ1) is 6.61. The number of hydrogen-bond donors (Lipinski definition) is 2. The fourth-order valence-electron chi connectivity index (χ4n) is 1.58. The highest BCUT2D eigenvalue weighted by atomic mass is 16.1. The molecule has 1 unspecified atom stereocenters. The SMILES string of the molecule is CC(C)C(C)NC(=O)[C@H]1CCCNC1. The summed E-state index contributed by atoms with van der Waals surface area (Å²) in [6.45, 7) is 8.23. The standard InChI is InChI=1S/C11H22N2O/c1-8(2)9(3)13-11(14)10-5-4-6-12-7-10/h8-10,12H,4-7H2,1-3H3,(H,13,14)/t9?,10-/m0/s1. The number of carbonyl (C=O) groups is 1. The van der Waals surface area contributed by atoms with Crippen LogP contribution in [-0.2, 0) is 4.79 Å². The summed E-state index contributed by atoms with van der Waals surface area (Å²) in [6, 6.07) is 0.282. The molecule has 0 aromatic carbocycles. The number of rotatable bonds is 3. The zero-order valence-electron chi connectivity index (χ0n) is 9.47. The number of hydrogen-bond acceptors (Lipinski definition) is 2. The molecule has 1 amide bonds. The average molecular weight is 198 g/mol. The predicted octanol–water partition coefficient (Wildman–Crippen LogP) is 1.15. The Hall–Kier alpha value is -0.570.